The van der Waals surface area contributed by atoms with Gasteiger partial charge in [-0.25, -0.2) is 9.78 Å². The quantitative estimate of drug-likeness (QED) is 0.554. The molecule has 3 aromatic rings. The highest BCUT2D eigenvalue weighted by molar-refractivity contribution is 6.30. The molecule has 0 aliphatic carbocycles. The topological polar surface area (TPSA) is 67.2 Å². The lowest BCUT2D eigenvalue weighted by Crippen LogP contribution is -2.35. The van der Waals surface area contributed by atoms with E-state index in [1.807, 2.05) is 29.2 Å². The lowest BCUT2D eigenvalue weighted by atomic mass is 9.91. The van der Waals surface area contributed by atoms with E-state index < -0.39 is 0 Å². The number of carbonyl (C=O) groups excluding carboxylic acids is 2. The Kier molecular flexibility index (Phi) is 5.77. The minimum absolute atomic E-state index is 0.0000816. The summed E-state index contributed by atoms with van der Waals surface area (Å²) in [7, 11) is 0. The van der Waals surface area contributed by atoms with E-state index >= 15 is 0 Å². The number of halogens is 1. The maximum atomic E-state index is 13.4. The summed E-state index contributed by atoms with van der Waals surface area (Å²) in [4.78, 5) is 32.7. The molecule has 6 nitrogen and oxygen atoms in total. The van der Waals surface area contributed by atoms with E-state index in [1.165, 1.54) is 0 Å². The SMILES string of the molecule is CCCN(CCC)C(=O)n1ccc2c(C(=O)C3CNc4ncc(Cl)cc43)cccc21. The Bertz CT molecular complexity index is 1100. The number of anilines is 1. The van der Waals surface area contributed by atoms with Crippen LogP contribution in [0.5, 0.6) is 0 Å². The zero-order chi connectivity index (χ0) is 21.3. The number of nitrogens with one attached hydrogen (secondary N) is 1. The van der Waals surface area contributed by atoms with Crippen molar-refractivity contribution in [3.8, 4) is 0 Å². The normalized spacial score (nSPS) is 15.1. The lowest BCUT2D eigenvalue weighted by molar-refractivity contribution is 0.0968. The molecule has 1 aliphatic rings. The van der Waals surface area contributed by atoms with Crippen LogP contribution in [-0.2, 0) is 0 Å². The number of amides is 1. The van der Waals surface area contributed by atoms with Gasteiger partial charge in [0.2, 0.25) is 0 Å². The number of carbonyl (C=O) groups is 2. The van der Waals surface area contributed by atoms with Gasteiger partial charge < -0.3 is 10.2 Å². The van der Waals surface area contributed by atoms with E-state index in [2.05, 4.69) is 24.1 Å². The van der Waals surface area contributed by atoms with Crippen molar-refractivity contribution in [2.24, 2.45) is 0 Å². The van der Waals surface area contributed by atoms with Gasteiger partial charge in [0.15, 0.2) is 5.78 Å². The highest BCUT2D eigenvalue weighted by Gasteiger charge is 2.31. The maximum absolute atomic E-state index is 13.4. The number of hydrogen-bond acceptors (Lipinski definition) is 4. The maximum Gasteiger partial charge on any atom is 0.328 e. The molecule has 1 atom stereocenters. The van der Waals surface area contributed by atoms with Gasteiger partial charge >= 0.3 is 6.03 Å². The Labute approximate surface area is 180 Å². The molecule has 156 valence electrons. The minimum atomic E-state index is -0.354. The Hall–Kier alpha value is -2.86. The number of rotatable bonds is 6. The van der Waals surface area contributed by atoms with Gasteiger partial charge in [0.25, 0.3) is 0 Å². The Balaban J connectivity index is 1.70. The van der Waals surface area contributed by atoms with Gasteiger partial charge in [0.1, 0.15) is 5.82 Å². The van der Waals surface area contributed by atoms with Gasteiger partial charge in [-0.15, -0.1) is 0 Å². The van der Waals surface area contributed by atoms with Gasteiger partial charge in [-0.1, -0.05) is 37.6 Å². The summed E-state index contributed by atoms with van der Waals surface area (Å²) >= 11 is 6.11. The first-order chi connectivity index (χ1) is 14.5. The molecule has 3 heterocycles. The Morgan fingerprint density at radius 2 is 2.00 bits per heavy atom. The standard InChI is InChI=1S/C23H25ClN4O2/c1-3-9-27(10-4-2)23(30)28-11-8-16-17(6-5-7-20(16)28)21(29)19-14-26-22-18(19)12-15(24)13-25-22/h5-8,11-13,19H,3-4,9-10,14H2,1-2H3,(H,25,26). The number of nitrogens with zero attached hydrogens (tertiary/aromatic N) is 3. The third-order valence-electron chi connectivity index (χ3n) is 5.51. The molecule has 30 heavy (non-hydrogen) atoms. The fourth-order valence-corrected chi connectivity index (χ4v) is 4.31. The second-order valence-corrected chi connectivity index (χ2v) is 8.02. The van der Waals surface area contributed by atoms with Crippen molar-refractivity contribution < 1.29 is 9.59 Å². The average molecular weight is 425 g/mol. The molecule has 4 rings (SSSR count). The second-order valence-electron chi connectivity index (χ2n) is 7.58. The van der Waals surface area contributed by atoms with Crippen molar-refractivity contribution in [1.29, 1.82) is 0 Å². The highest BCUT2D eigenvalue weighted by Crippen LogP contribution is 2.35. The summed E-state index contributed by atoms with van der Waals surface area (Å²) < 4.78 is 1.65. The highest BCUT2D eigenvalue weighted by atomic mass is 35.5. The third kappa shape index (κ3) is 3.56. The van der Waals surface area contributed by atoms with Gasteiger partial charge in [-0.3, -0.25) is 9.36 Å². The number of Topliss-reactive ketones (excluding diaryl/α,β-unsaturated/α-hetero) is 1. The average Bonchev–Trinajstić information content (AvgIpc) is 3.36. The zero-order valence-electron chi connectivity index (χ0n) is 17.2. The van der Waals surface area contributed by atoms with E-state index in [1.54, 1.807) is 23.0 Å². The molecule has 1 unspecified atom stereocenters. The number of fused-ring (bicyclic) bond motifs is 2. The van der Waals surface area contributed by atoms with Crippen LogP contribution >= 0.6 is 11.6 Å². The monoisotopic (exact) mass is 424 g/mol. The van der Waals surface area contributed by atoms with Crippen LogP contribution in [0, 0.1) is 0 Å². The summed E-state index contributed by atoms with van der Waals surface area (Å²) in [5, 5.41) is 4.48. The molecule has 0 fully saturated rings. The van der Waals surface area contributed by atoms with Gasteiger partial charge in [0, 0.05) is 48.5 Å². The largest absolute Gasteiger partial charge is 0.369 e. The van der Waals surface area contributed by atoms with Crippen molar-refractivity contribution in [2.45, 2.75) is 32.6 Å². The van der Waals surface area contributed by atoms with Crippen LogP contribution in [0.25, 0.3) is 10.9 Å². The van der Waals surface area contributed by atoms with E-state index in [-0.39, 0.29) is 17.7 Å². The zero-order valence-corrected chi connectivity index (χ0v) is 17.9. The van der Waals surface area contributed by atoms with Crippen LogP contribution in [0.4, 0.5) is 10.6 Å². The van der Waals surface area contributed by atoms with Crippen LogP contribution in [0.3, 0.4) is 0 Å². The van der Waals surface area contributed by atoms with Crippen molar-refractivity contribution >= 4 is 40.1 Å². The molecular weight excluding hydrogens is 400 g/mol. The number of ketones is 1. The van der Waals surface area contributed by atoms with Gasteiger partial charge in [-0.2, -0.15) is 0 Å². The molecule has 0 spiro atoms. The summed E-state index contributed by atoms with van der Waals surface area (Å²) in [6.45, 7) is 6.04. The molecular formula is C23H25ClN4O2. The van der Waals surface area contributed by atoms with Crippen LogP contribution in [0.15, 0.2) is 42.7 Å². The second kappa shape index (κ2) is 8.48. The van der Waals surface area contributed by atoms with Crippen LogP contribution in [0.2, 0.25) is 5.02 Å². The van der Waals surface area contributed by atoms with E-state index in [4.69, 9.17) is 11.6 Å². The Morgan fingerprint density at radius 1 is 1.23 bits per heavy atom. The summed E-state index contributed by atoms with van der Waals surface area (Å²) in [6.07, 6.45) is 5.14. The number of benzene rings is 1. The molecule has 7 heteroatoms. The summed E-state index contributed by atoms with van der Waals surface area (Å²) in [5.41, 5.74) is 2.17. The van der Waals surface area contributed by atoms with Crippen molar-refractivity contribution in [2.75, 3.05) is 25.0 Å². The number of aromatic nitrogens is 2. The van der Waals surface area contributed by atoms with E-state index in [0.717, 1.165) is 29.3 Å². The van der Waals surface area contributed by atoms with E-state index in [9.17, 15) is 9.59 Å². The number of pyridine rings is 1. The molecule has 0 saturated carbocycles. The fourth-order valence-electron chi connectivity index (χ4n) is 4.14. The first kappa shape index (κ1) is 20.4. The third-order valence-corrected chi connectivity index (χ3v) is 5.72. The van der Waals surface area contributed by atoms with Crippen molar-refractivity contribution in [1.82, 2.24) is 14.5 Å². The predicted octanol–water partition coefficient (Wildman–Crippen LogP) is 5.17. The molecule has 0 radical (unpaired) electrons. The summed E-state index contributed by atoms with van der Waals surface area (Å²) in [5.74, 6) is 0.347. The number of hydrogen-bond donors (Lipinski definition) is 1. The summed E-state index contributed by atoms with van der Waals surface area (Å²) in [6, 6.07) is 9.15. The van der Waals surface area contributed by atoms with Gasteiger partial charge in [0.05, 0.1) is 16.5 Å². The first-order valence-electron chi connectivity index (χ1n) is 10.4. The molecule has 1 aliphatic heterocycles. The predicted molar refractivity (Wildman–Crippen MR) is 120 cm³/mol. The minimum Gasteiger partial charge on any atom is -0.369 e. The Morgan fingerprint density at radius 3 is 2.73 bits per heavy atom. The fraction of sp³-hybridized carbons (Fsp3) is 0.348. The first-order valence-corrected chi connectivity index (χ1v) is 10.8. The van der Waals surface area contributed by atoms with Gasteiger partial charge in [-0.05, 0) is 31.0 Å². The van der Waals surface area contributed by atoms with Crippen LogP contribution in [-0.4, -0.2) is 45.9 Å². The van der Waals surface area contributed by atoms with E-state index in [0.29, 0.717) is 36.0 Å². The molecule has 2 aromatic heterocycles. The molecule has 0 bridgehead atoms. The molecule has 0 saturated heterocycles. The lowest BCUT2D eigenvalue weighted by Gasteiger charge is -2.22. The van der Waals surface area contributed by atoms with Crippen LogP contribution < -0.4 is 5.32 Å². The molecule has 1 amide bonds. The molecule has 1 N–H and O–H groups in total. The van der Waals surface area contributed by atoms with Crippen LogP contribution in [0.1, 0.15) is 48.5 Å². The smallest absolute Gasteiger partial charge is 0.328 e. The van der Waals surface area contributed by atoms with Crippen molar-refractivity contribution in [3.05, 3.63) is 58.9 Å². The molecule has 1 aromatic carbocycles. The van der Waals surface area contributed by atoms with Crippen molar-refractivity contribution in [3.63, 3.8) is 0 Å².